The van der Waals surface area contributed by atoms with E-state index in [1.165, 1.54) is 7.11 Å². The maximum atomic E-state index is 5.55. The van der Waals surface area contributed by atoms with Crippen molar-refractivity contribution in [1.29, 1.82) is 0 Å². The van der Waals surface area contributed by atoms with Gasteiger partial charge < -0.3 is 14.3 Å². The first-order valence-electron chi connectivity index (χ1n) is 5.14. The number of fused-ring (bicyclic) bond motifs is 1. The summed E-state index contributed by atoms with van der Waals surface area (Å²) in [6.45, 7) is 4.80. The molecular weight excluding hydrogens is 208 g/mol. The van der Waals surface area contributed by atoms with Crippen molar-refractivity contribution >= 4 is 5.71 Å². The van der Waals surface area contributed by atoms with Crippen molar-refractivity contribution in [1.82, 2.24) is 4.98 Å². The van der Waals surface area contributed by atoms with E-state index in [0.717, 1.165) is 17.0 Å². The molecule has 16 heavy (non-hydrogen) atoms. The lowest BCUT2D eigenvalue weighted by Crippen LogP contribution is -2.05. The van der Waals surface area contributed by atoms with Crippen molar-refractivity contribution in [3.63, 3.8) is 0 Å². The van der Waals surface area contributed by atoms with Crippen LogP contribution in [0.5, 0.6) is 11.6 Å². The Morgan fingerprint density at radius 1 is 1.56 bits per heavy atom. The minimum atomic E-state index is 0.375. The average Bonchev–Trinajstić information content (AvgIpc) is 2.62. The van der Waals surface area contributed by atoms with E-state index in [-0.39, 0.29) is 0 Å². The van der Waals surface area contributed by atoms with Gasteiger partial charge in [0, 0.05) is 11.8 Å². The summed E-state index contributed by atoms with van der Waals surface area (Å²) >= 11 is 0. The van der Waals surface area contributed by atoms with Crippen LogP contribution in [0, 0.1) is 6.92 Å². The quantitative estimate of drug-likeness (QED) is 0.728. The Bertz CT molecular complexity index is 429. The number of oxime groups is 1. The molecule has 1 aliphatic heterocycles. The molecule has 0 spiro atoms. The Morgan fingerprint density at radius 2 is 2.38 bits per heavy atom. The number of hydrogen-bond acceptors (Lipinski definition) is 5. The van der Waals surface area contributed by atoms with Crippen molar-refractivity contribution in [3.8, 4) is 11.6 Å². The Hall–Kier alpha value is -1.78. The molecule has 0 aromatic carbocycles. The molecule has 86 valence electrons. The first-order chi connectivity index (χ1) is 7.76. The van der Waals surface area contributed by atoms with Gasteiger partial charge in [0.15, 0.2) is 0 Å². The second-order valence-corrected chi connectivity index (χ2v) is 3.38. The van der Waals surface area contributed by atoms with Gasteiger partial charge in [-0.15, -0.1) is 0 Å². The van der Waals surface area contributed by atoms with E-state index in [4.69, 9.17) is 14.3 Å². The zero-order valence-corrected chi connectivity index (χ0v) is 9.61. The van der Waals surface area contributed by atoms with Crippen molar-refractivity contribution in [2.45, 2.75) is 13.8 Å². The highest BCUT2D eigenvalue weighted by molar-refractivity contribution is 6.07. The zero-order chi connectivity index (χ0) is 11.5. The Morgan fingerprint density at radius 3 is 3.06 bits per heavy atom. The van der Waals surface area contributed by atoms with Gasteiger partial charge in [-0.1, -0.05) is 5.16 Å². The minimum absolute atomic E-state index is 0.375. The monoisotopic (exact) mass is 222 g/mol. The molecule has 2 heterocycles. The second-order valence-electron chi connectivity index (χ2n) is 3.38. The molecule has 1 aromatic heterocycles. The van der Waals surface area contributed by atoms with Gasteiger partial charge in [0.2, 0.25) is 5.88 Å². The van der Waals surface area contributed by atoms with Crippen LogP contribution in [0.1, 0.15) is 18.2 Å². The van der Waals surface area contributed by atoms with Crippen molar-refractivity contribution in [3.05, 3.63) is 17.3 Å². The standard InChI is InChI=1S/C11H14N2O3/c1-4-15-9-5-7(2)12-11-10(9)8(6-16-11)13-14-3/h5H,4,6H2,1-3H3/b13-8-. The maximum absolute atomic E-state index is 5.55. The van der Waals surface area contributed by atoms with Crippen LogP contribution < -0.4 is 9.47 Å². The van der Waals surface area contributed by atoms with Gasteiger partial charge in [-0.05, 0) is 13.8 Å². The largest absolute Gasteiger partial charge is 0.493 e. The number of rotatable bonds is 3. The van der Waals surface area contributed by atoms with E-state index in [0.29, 0.717) is 24.8 Å². The predicted octanol–water partition coefficient (Wildman–Crippen LogP) is 1.53. The van der Waals surface area contributed by atoms with Gasteiger partial charge in [0.25, 0.3) is 0 Å². The summed E-state index contributed by atoms with van der Waals surface area (Å²) in [5, 5.41) is 3.91. The number of pyridine rings is 1. The Balaban J connectivity index is 2.50. The van der Waals surface area contributed by atoms with Gasteiger partial charge in [0.05, 0.1) is 6.61 Å². The Kier molecular flexibility index (Phi) is 2.94. The number of hydrogen-bond donors (Lipinski definition) is 0. The molecule has 0 bridgehead atoms. The zero-order valence-electron chi connectivity index (χ0n) is 9.61. The number of aryl methyl sites for hydroxylation is 1. The van der Waals surface area contributed by atoms with Gasteiger partial charge in [0.1, 0.15) is 30.7 Å². The third-order valence-corrected chi connectivity index (χ3v) is 2.21. The molecular formula is C11H14N2O3. The molecule has 1 aliphatic rings. The third kappa shape index (κ3) is 1.80. The summed E-state index contributed by atoms with van der Waals surface area (Å²) in [7, 11) is 1.51. The summed E-state index contributed by atoms with van der Waals surface area (Å²) in [4.78, 5) is 9.06. The first-order valence-corrected chi connectivity index (χ1v) is 5.14. The molecule has 0 atom stereocenters. The van der Waals surface area contributed by atoms with E-state index in [1.807, 2.05) is 19.9 Å². The summed E-state index contributed by atoms with van der Waals surface area (Å²) in [5.74, 6) is 1.32. The normalized spacial score (nSPS) is 15.8. The molecule has 0 fully saturated rings. The lowest BCUT2D eigenvalue weighted by atomic mass is 10.1. The van der Waals surface area contributed by atoms with Crippen LogP contribution >= 0.6 is 0 Å². The topological polar surface area (TPSA) is 52.9 Å². The fourth-order valence-electron chi connectivity index (χ4n) is 1.65. The van der Waals surface area contributed by atoms with Gasteiger partial charge in [-0.3, -0.25) is 0 Å². The summed E-state index contributed by atoms with van der Waals surface area (Å²) < 4.78 is 11.0. The molecule has 0 amide bonds. The molecule has 5 heteroatoms. The number of nitrogens with zero attached hydrogens (tertiary/aromatic N) is 2. The van der Waals surface area contributed by atoms with Gasteiger partial charge >= 0.3 is 0 Å². The minimum Gasteiger partial charge on any atom is -0.493 e. The van der Waals surface area contributed by atoms with Gasteiger partial charge in [-0.25, -0.2) is 4.98 Å². The van der Waals surface area contributed by atoms with Crippen LogP contribution in [0.2, 0.25) is 0 Å². The van der Waals surface area contributed by atoms with Crippen LogP contribution in [0.4, 0.5) is 0 Å². The number of ether oxygens (including phenoxy) is 2. The van der Waals surface area contributed by atoms with Crippen LogP contribution in [0.15, 0.2) is 11.2 Å². The fourth-order valence-corrected chi connectivity index (χ4v) is 1.65. The maximum Gasteiger partial charge on any atom is 0.227 e. The van der Waals surface area contributed by atoms with Crippen LogP contribution in [-0.2, 0) is 4.84 Å². The summed E-state index contributed by atoms with van der Waals surface area (Å²) in [6.07, 6.45) is 0. The fraction of sp³-hybridized carbons (Fsp3) is 0.455. The first kappa shape index (κ1) is 10.7. The molecule has 0 N–H and O–H groups in total. The van der Waals surface area contributed by atoms with Crippen LogP contribution in [0.25, 0.3) is 0 Å². The number of aromatic nitrogens is 1. The summed E-state index contributed by atoms with van der Waals surface area (Å²) in [5.41, 5.74) is 2.38. The van der Waals surface area contributed by atoms with Gasteiger partial charge in [-0.2, -0.15) is 0 Å². The average molecular weight is 222 g/mol. The highest BCUT2D eigenvalue weighted by atomic mass is 16.6. The summed E-state index contributed by atoms with van der Waals surface area (Å²) in [6, 6.07) is 1.88. The van der Waals surface area contributed by atoms with Crippen molar-refractivity contribution in [2.75, 3.05) is 20.3 Å². The van der Waals surface area contributed by atoms with Crippen LogP contribution in [-0.4, -0.2) is 31.0 Å². The Labute approximate surface area is 94.0 Å². The molecule has 0 unspecified atom stereocenters. The SMILES string of the molecule is CCOc1cc(C)nc2c1/C(=N\OC)CO2. The van der Waals surface area contributed by atoms with E-state index in [9.17, 15) is 0 Å². The highest BCUT2D eigenvalue weighted by Crippen LogP contribution is 2.32. The van der Waals surface area contributed by atoms with E-state index in [2.05, 4.69) is 10.1 Å². The van der Waals surface area contributed by atoms with Crippen LogP contribution in [0.3, 0.4) is 0 Å². The lowest BCUT2D eigenvalue weighted by Gasteiger charge is -2.08. The van der Waals surface area contributed by atoms with E-state index < -0.39 is 0 Å². The molecule has 5 nitrogen and oxygen atoms in total. The lowest BCUT2D eigenvalue weighted by molar-refractivity contribution is 0.211. The molecule has 1 aromatic rings. The van der Waals surface area contributed by atoms with E-state index in [1.54, 1.807) is 0 Å². The predicted molar refractivity (Wildman–Crippen MR) is 59.2 cm³/mol. The molecule has 0 aliphatic carbocycles. The molecule has 0 radical (unpaired) electrons. The second kappa shape index (κ2) is 4.38. The van der Waals surface area contributed by atoms with Crippen molar-refractivity contribution in [2.24, 2.45) is 5.16 Å². The van der Waals surface area contributed by atoms with Crippen molar-refractivity contribution < 1.29 is 14.3 Å². The third-order valence-electron chi connectivity index (χ3n) is 2.21. The molecule has 2 rings (SSSR count). The molecule has 0 saturated carbocycles. The smallest absolute Gasteiger partial charge is 0.227 e. The highest BCUT2D eigenvalue weighted by Gasteiger charge is 2.26. The van der Waals surface area contributed by atoms with E-state index >= 15 is 0 Å². The molecule has 0 saturated heterocycles.